The van der Waals surface area contributed by atoms with Crippen molar-refractivity contribution in [3.8, 4) is 0 Å². The number of hydrogen-bond acceptors (Lipinski definition) is 1. The molecule has 1 aromatic rings. The summed E-state index contributed by atoms with van der Waals surface area (Å²) in [5.41, 5.74) is 0.816. The lowest BCUT2D eigenvalue weighted by Crippen LogP contribution is -2.11. The normalized spacial score (nSPS) is 12.5. The zero-order valence-electron chi connectivity index (χ0n) is 7.66. The van der Waals surface area contributed by atoms with Gasteiger partial charge in [0, 0.05) is 16.8 Å². The molecule has 0 heterocycles. The Bertz CT molecular complexity index is 269. The SMILES string of the molecule is CC(CCBr)C(=O)c1ccccc1. The van der Waals surface area contributed by atoms with Crippen molar-refractivity contribution in [2.24, 2.45) is 5.92 Å². The van der Waals surface area contributed by atoms with Crippen molar-refractivity contribution < 1.29 is 4.79 Å². The van der Waals surface area contributed by atoms with Crippen molar-refractivity contribution in [3.63, 3.8) is 0 Å². The smallest absolute Gasteiger partial charge is 0.165 e. The molecule has 1 rings (SSSR count). The van der Waals surface area contributed by atoms with Crippen LogP contribution in [0.15, 0.2) is 30.3 Å². The molecule has 1 nitrogen and oxygen atoms in total. The number of carbonyl (C=O) groups excluding carboxylic acids is 1. The largest absolute Gasteiger partial charge is 0.294 e. The summed E-state index contributed by atoms with van der Waals surface area (Å²) in [7, 11) is 0. The van der Waals surface area contributed by atoms with E-state index in [1.54, 1.807) is 0 Å². The van der Waals surface area contributed by atoms with E-state index in [4.69, 9.17) is 0 Å². The van der Waals surface area contributed by atoms with E-state index in [1.807, 2.05) is 37.3 Å². The van der Waals surface area contributed by atoms with Crippen LogP contribution in [-0.2, 0) is 0 Å². The van der Waals surface area contributed by atoms with Crippen molar-refractivity contribution in [1.29, 1.82) is 0 Å². The van der Waals surface area contributed by atoms with Crippen LogP contribution >= 0.6 is 15.9 Å². The molecule has 0 aromatic heterocycles. The maximum Gasteiger partial charge on any atom is 0.165 e. The fourth-order valence-electron chi connectivity index (χ4n) is 1.18. The number of ketones is 1. The van der Waals surface area contributed by atoms with Crippen LogP contribution in [0, 0.1) is 5.92 Å². The molecule has 2 heteroatoms. The Morgan fingerprint density at radius 2 is 2.00 bits per heavy atom. The molecule has 1 aromatic carbocycles. The molecule has 0 fully saturated rings. The molecule has 0 N–H and O–H groups in total. The molecule has 0 aliphatic rings. The fourth-order valence-corrected chi connectivity index (χ4v) is 1.87. The highest BCUT2D eigenvalue weighted by Crippen LogP contribution is 2.12. The number of alkyl halides is 1. The highest BCUT2D eigenvalue weighted by atomic mass is 79.9. The first-order valence-electron chi connectivity index (χ1n) is 4.41. The molecule has 70 valence electrons. The summed E-state index contributed by atoms with van der Waals surface area (Å²) in [5.74, 6) is 0.349. The Kier molecular flexibility index (Phi) is 4.16. The second-order valence-electron chi connectivity index (χ2n) is 3.11. The zero-order valence-corrected chi connectivity index (χ0v) is 9.25. The molecule has 0 saturated heterocycles. The second-order valence-corrected chi connectivity index (χ2v) is 3.90. The van der Waals surface area contributed by atoms with Gasteiger partial charge in [-0.05, 0) is 6.42 Å². The van der Waals surface area contributed by atoms with Crippen LogP contribution in [0.5, 0.6) is 0 Å². The highest BCUT2D eigenvalue weighted by molar-refractivity contribution is 9.09. The van der Waals surface area contributed by atoms with Crippen LogP contribution in [-0.4, -0.2) is 11.1 Å². The number of carbonyl (C=O) groups is 1. The van der Waals surface area contributed by atoms with Crippen LogP contribution < -0.4 is 0 Å². The van der Waals surface area contributed by atoms with Crippen molar-refractivity contribution in [2.75, 3.05) is 5.33 Å². The number of Topliss-reactive ketones (excluding diaryl/α,β-unsaturated/α-hetero) is 1. The Labute approximate surface area is 87.3 Å². The third-order valence-electron chi connectivity index (χ3n) is 2.05. The minimum absolute atomic E-state index is 0.113. The number of hydrogen-bond donors (Lipinski definition) is 0. The lowest BCUT2D eigenvalue weighted by Gasteiger charge is -2.07. The summed E-state index contributed by atoms with van der Waals surface area (Å²) in [5, 5.41) is 0.882. The van der Waals surface area contributed by atoms with Crippen LogP contribution in [0.1, 0.15) is 23.7 Å². The lowest BCUT2D eigenvalue weighted by molar-refractivity contribution is 0.0928. The quantitative estimate of drug-likeness (QED) is 0.584. The van der Waals surface area contributed by atoms with Crippen molar-refractivity contribution in [3.05, 3.63) is 35.9 Å². The third-order valence-corrected chi connectivity index (χ3v) is 2.51. The summed E-state index contributed by atoms with van der Waals surface area (Å²) in [4.78, 5) is 11.7. The van der Waals surface area contributed by atoms with E-state index >= 15 is 0 Å². The van der Waals surface area contributed by atoms with Gasteiger partial charge in [0.15, 0.2) is 5.78 Å². The van der Waals surface area contributed by atoms with Crippen molar-refractivity contribution in [1.82, 2.24) is 0 Å². The van der Waals surface area contributed by atoms with E-state index in [1.165, 1.54) is 0 Å². The monoisotopic (exact) mass is 240 g/mol. The van der Waals surface area contributed by atoms with E-state index in [9.17, 15) is 4.79 Å². The first-order chi connectivity index (χ1) is 6.25. The molecule has 0 bridgehead atoms. The maximum atomic E-state index is 11.7. The minimum atomic E-state index is 0.113. The summed E-state index contributed by atoms with van der Waals surface area (Å²) >= 11 is 3.34. The van der Waals surface area contributed by atoms with Crippen LogP contribution in [0.4, 0.5) is 0 Å². The summed E-state index contributed by atoms with van der Waals surface area (Å²) in [6.07, 6.45) is 0.897. The highest BCUT2D eigenvalue weighted by Gasteiger charge is 2.13. The Morgan fingerprint density at radius 1 is 1.38 bits per heavy atom. The first kappa shape index (κ1) is 10.5. The van der Waals surface area contributed by atoms with Gasteiger partial charge in [-0.3, -0.25) is 4.79 Å². The Hall–Kier alpha value is -0.630. The number of rotatable bonds is 4. The molecule has 0 radical (unpaired) electrons. The Morgan fingerprint density at radius 3 is 2.54 bits per heavy atom. The average Bonchev–Trinajstić information content (AvgIpc) is 2.18. The van der Waals surface area contributed by atoms with Crippen LogP contribution in [0.2, 0.25) is 0 Å². The lowest BCUT2D eigenvalue weighted by atomic mass is 9.97. The van der Waals surface area contributed by atoms with Gasteiger partial charge >= 0.3 is 0 Å². The second kappa shape index (κ2) is 5.18. The van der Waals surface area contributed by atoms with Gasteiger partial charge in [0.2, 0.25) is 0 Å². The molecular weight excluding hydrogens is 228 g/mol. The van der Waals surface area contributed by atoms with E-state index in [2.05, 4.69) is 15.9 Å². The van der Waals surface area contributed by atoms with Gasteiger partial charge in [-0.25, -0.2) is 0 Å². The molecule has 0 spiro atoms. The average molecular weight is 241 g/mol. The molecular formula is C11H13BrO. The van der Waals surface area contributed by atoms with Crippen molar-refractivity contribution in [2.45, 2.75) is 13.3 Å². The molecule has 0 saturated carbocycles. The van der Waals surface area contributed by atoms with Gasteiger partial charge in [0.25, 0.3) is 0 Å². The molecule has 13 heavy (non-hydrogen) atoms. The molecule has 1 atom stereocenters. The van der Waals surface area contributed by atoms with Gasteiger partial charge < -0.3 is 0 Å². The number of halogens is 1. The summed E-state index contributed by atoms with van der Waals surface area (Å²) < 4.78 is 0. The van der Waals surface area contributed by atoms with Crippen molar-refractivity contribution >= 4 is 21.7 Å². The molecule has 0 aliphatic carbocycles. The topological polar surface area (TPSA) is 17.1 Å². The van der Waals surface area contributed by atoms with Crippen LogP contribution in [0.3, 0.4) is 0 Å². The van der Waals surface area contributed by atoms with Gasteiger partial charge in [0.1, 0.15) is 0 Å². The minimum Gasteiger partial charge on any atom is -0.294 e. The van der Waals surface area contributed by atoms with E-state index in [-0.39, 0.29) is 11.7 Å². The Balaban J connectivity index is 2.68. The van der Waals surface area contributed by atoms with E-state index in [0.29, 0.717) is 0 Å². The predicted molar refractivity (Wildman–Crippen MR) is 58.3 cm³/mol. The van der Waals surface area contributed by atoms with Gasteiger partial charge in [-0.15, -0.1) is 0 Å². The first-order valence-corrected chi connectivity index (χ1v) is 5.53. The van der Waals surface area contributed by atoms with Gasteiger partial charge in [0.05, 0.1) is 0 Å². The third kappa shape index (κ3) is 2.96. The molecule has 0 amide bonds. The fraction of sp³-hybridized carbons (Fsp3) is 0.364. The molecule has 0 aliphatic heterocycles. The maximum absolute atomic E-state index is 11.7. The predicted octanol–water partition coefficient (Wildman–Crippen LogP) is 3.29. The van der Waals surface area contributed by atoms with Gasteiger partial charge in [-0.1, -0.05) is 53.2 Å². The summed E-state index contributed by atoms with van der Waals surface area (Å²) in [6, 6.07) is 9.45. The number of benzene rings is 1. The van der Waals surface area contributed by atoms with Crippen LogP contribution in [0.25, 0.3) is 0 Å². The van der Waals surface area contributed by atoms with E-state index in [0.717, 1.165) is 17.3 Å². The standard InChI is InChI=1S/C11H13BrO/c1-9(7-8-12)11(13)10-5-3-2-4-6-10/h2-6,9H,7-8H2,1H3. The summed E-state index contributed by atoms with van der Waals surface area (Å²) in [6.45, 7) is 1.97. The zero-order chi connectivity index (χ0) is 9.68. The van der Waals surface area contributed by atoms with E-state index < -0.39 is 0 Å². The van der Waals surface area contributed by atoms with Gasteiger partial charge in [-0.2, -0.15) is 0 Å². The molecule has 1 unspecified atom stereocenters.